The number of nitrogens with one attached hydrogen (secondary N) is 2. The number of piperidine rings is 1. The Morgan fingerprint density at radius 3 is 2.21 bits per heavy atom. The van der Waals surface area contributed by atoms with E-state index in [1.807, 2.05) is 34.6 Å². The van der Waals surface area contributed by atoms with E-state index in [2.05, 4.69) is 51.8 Å². The number of aromatic nitrogens is 1. The lowest BCUT2D eigenvalue weighted by molar-refractivity contribution is -0.144. The smallest absolute Gasteiger partial charge is 0.289 e. The molecule has 1 aliphatic heterocycles. The largest absolute Gasteiger partial charge is 0.494 e. The summed E-state index contributed by atoms with van der Waals surface area (Å²) >= 11 is 0. The Balaban J connectivity index is 1.90. The van der Waals surface area contributed by atoms with Gasteiger partial charge in [0, 0.05) is 37.5 Å². The topological polar surface area (TPSA) is 153 Å². The molecule has 2 fully saturated rings. The zero-order chi connectivity index (χ0) is 36.4. The van der Waals surface area contributed by atoms with E-state index in [1.165, 1.54) is 22.8 Å². The summed E-state index contributed by atoms with van der Waals surface area (Å²) in [6.45, 7) is 24.7. The lowest BCUT2D eigenvalue weighted by Crippen LogP contribution is -2.57. The molecule has 11 heteroatoms. The number of aromatic hydroxyl groups is 2. The summed E-state index contributed by atoms with van der Waals surface area (Å²) in [5.74, 6) is -2.13. The van der Waals surface area contributed by atoms with Gasteiger partial charge in [0.05, 0.1) is 6.04 Å². The molecule has 1 unspecified atom stereocenters. The van der Waals surface area contributed by atoms with Crippen LogP contribution >= 0.6 is 0 Å². The van der Waals surface area contributed by atoms with E-state index in [0.717, 1.165) is 12.1 Å². The third kappa shape index (κ3) is 8.69. The number of rotatable bonds is 15. The number of hydrogen-bond donors (Lipinski definition) is 4. The maximum atomic E-state index is 14.5. The molecular formula is C37H59N5O6. The molecular weight excluding hydrogens is 610 g/mol. The number of aliphatic imine (C=N–C) groups is 1. The van der Waals surface area contributed by atoms with Gasteiger partial charge in [0.15, 0.2) is 11.8 Å². The molecule has 11 nitrogen and oxygen atoms in total. The molecule has 2 heterocycles. The van der Waals surface area contributed by atoms with Crippen molar-refractivity contribution in [2.24, 2.45) is 39.0 Å². The van der Waals surface area contributed by atoms with Gasteiger partial charge >= 0.3 is 0 Å². The molecule has 1 aromatic rings. The van der Waals surface area contributed by atoms with E-state index in [-0.39, 0.29) is 52.8 Å². The summed E-state index contributed by atoms with van der Waals surface area (Å²) in [5.41, 5.74) is -0.162. The molecule has 2 aliphatic rings. The summed E-state index contributed by atoms with van der Waals surface area (Å²) in [6, 6.07) is 0.362. The molecule has 6 atom stereocenters. The van der Waals surface area contributed by atoms with Crippen LogP contribution in [0.15, 0.2) is 29.8 Å². The van der Waals surface area contributed by atoms with Gasteiger partial charge in [0.1, 0.15) is 12.1 Å². The van der Waals surface area contributed by atoms with Gasteiger partial charge in [-0.1, -0.05) is 81.2 Å². The Bertz CT molecular complexity index is 1380. The van der Waals surface area contributed by atoms with Crippen LogP contribution in [0.3, 0.4) is 0 Å². The van der Waals surface area contributed by atoms with Gasteiger partial charge in [-0.25, -0.2) is 0 Å². The number of unbranched alkanes of at least 4 members (excludes halogenated alkanes) is 1. The van der Waals surface area contributed by atoms with Crippen LogP contribution in [0, 0.1) is 34.0 Å². The van der Waals surface area contributed by atoms with Crippen molar-refractivity contribution in [2.75, 3.05) is 13.1 Å². The Morgan fingerprint density at radius 1 is 1.08 bits per heavy atom. The number of fused-ring (bicyclic) bond motifs is 1. The van der Waals surface area contributed by atoms with E-state index < -0.39 is 41.1 Å². The summed E-state index contributed by atoms with van der Waals surface area (Å²) in [6.07, 6.45) is 3.77. The van der Waals surface area contributed by atoms with Crippen molar-refractivity contribution in [1.29, 1.82) is 0 Å². The molecule has 4 N–H and O–H groups in total. The van der Waals surface area contributed by atoms with Crippen LogP contribution in [-0.4, -0.2) is 80.1 Å². The second-order valence-electron chi connectivity index (χ2n) is 16.5. The van der Waals surface area contributed by atoms with Gasteiger partial charge in [-0.15, -0.1) is 6.58 Å². The summed E-state index contributed by atoms with van der Waals surface area (Å²) < 4.78 is 1.47. The van der Waals surface area contributed by atoms with E-state index in [0.29, 0.717) is 32.4 Å². The normalized spacial score (nSPS) is 22.3. The Morgan fingerprint density at radius 2 is 1.69 bits per heavy atom. The summed E-state index contributed by atoms with van der Waals surface area (Å²) in [4.78, 5) is 60.9. The van der Waals surface area contributed by atoms with E-state index >= 15 is 0 Å². The third-order valence-electron chi connectivity index (χ3n) is 10.4. The molecule has 1 saturated heterocycles. The first-order valence-corrected chi connectivity index (χ1v) is 17.3. The number of amides is 3. The van der Waals surface area contributed by atoms with Crippen LogP contribution in [-0.2, 0) is 25.7 Å². The average Bonchev–Trinajstić information content (AvgIpc) is 3.27. The first-order valence-electron chi connectivity index (χ1n) is 17.3. The fourth-order valence-electron chi connectivity index (χ4n) is 7.06. The number of likely N-dealkylation sites (tertiary alicyclic amines) is 1. The molecule has 268 valence electrons. The molecule has 0 radical (unpaired) electrons. The Kier molecular flexibility index (Phi) is 12.0. The minimum absolute atomic E-state index is 0.0186. The lowest BCUT2D eigenvalue weighted by Gasteiger charge is -2.37. The number of nitrogens with zero attached hydrogens (tertiary/aromatic N) is 3. The fraction of sp³-hybridized carbons (Fsp3) is 0.703. The summed E-state index contributed by atoms with van der Waals surface area (Å²) in [5, 5.41) is 26.0. The molecule has 48 heavy (non-hydrogen) atoms. The minimum atomic E-state index is -0.993. The van der Waals surface area contributed by atoms with Crippen LogP contribution < -0.4 is 10.6 Å². The van der Waals surface area contributed by atoms with Crippen molar-refractivity contribution in [3.63, 3.8) is 0 Å². The van der Waals surface area contributed by atoms with Gasteiger partial charge in [-0.05, 0) is 53.8 Å². The maximum Gasteiger partial charge on any atom is 0.289 e. The molecule has 1 aliphatic carbocycles. The molecule has 1 saturated carbocycles. The summed E-state index contributed by atoms with van der Waals surface area (Å²) in [7, 11) is 0. The zero-order valence-corrected chi connectivity index (χ0v) is 30.7. The van der Waals surface area contributed by atoms with Crippen LogP contribution in [0.4, 0.5) is 0 Å². The van der Waals surface area contributed by atoms with Crippen LogP contribution in [0.2, 0.25) is 0 Å². The molecule has 0 spiro atoms. The number of carbonyl (C=O) groups is 4. The number of carbonyl (C=O) groups excluding carboxylic acids is 4. The van der Waals surface area contributed by atoms with Crippen molar-refractivity contribution in [1.82, 2.24) is 20.1 Å². The van der Waals surface area contributed by atoms with E-state index in [9.17, 15) is 29.4 Å². The molecule has 1 aromatic heterocycles. The highest BCUT2D eigenvalue weighted by Crippen LogP contribution is 2.65. The van der Waals surface area contributed by atoms with Crippen molar-refractivity contribution < 1.29 is 29.4 Å². The first kappa shape index (κ1) is 38.8. The predicted molar refractivity (Wildman–Crippen MR) is 188 cm³/mol. The molecule has 0 aromatic carbocycles. The van der Waals surface area contributed by atoms with Gasteiger partial charge in [0.25, 0.3) is 5.91 Å². The second kappa shape index (κ2) is 14.9. The molecule has 3 rings (SSSR count). The standard InChI is InChI=1S/C37H59N5O6/c1-12-14-15-25(30(45)33(47)38-18-13-2)40-32(46)29-28-24(37(28,10)11)21-42(29)34(48)31(36(7,8)9)39-22(3)19-23(35(4,5)6)20-41-26(43)16-17-27(41)44/h13,16-17,23-25,28-29,31,43-44H,2,12,14-15,18-21H2,1,3-11H3,(H,38,47)(H,40,46)/t23-,24+,25?,28+,29+,31-/m1/s1. The van der Waals surface area contributed by atoms with Gasteiger partial charge in [0.2, 0.25) is 17.6 Å². The quantitative estimate of drug-likeness (QED) is 0.119. The number of hydrogen-bond acceptors (Lipinski definition) is 7. The average molecular weight is 670 g/mol. The Hall–Kier alpha value is -3.63. The fourth-order valence-corrected chi connectivity index (χ4v) is 7.06. The van der Waals surface area contributed by atoms with Crippen LogP contribution in [0.25, 0.3) is 0 Å². The molecule has 0 bridgehead atoms. The van der Waals surface area contributed by atoms with Crippen molar-refractivity contribution in [3.8, 4) is 11.8 Å². The second-order valence-corrected chi connectivity index (χ2v) is 16.5. The van der Waals surface area contributed by atoms with Crippen molar-refractivity contribution >= 4 is 29.2 Å². The van der Waals surface area contributed by atoms with Gasteiger partial charge in [-0.3, -0.25) is 28.7 Å². The maximum absolute atomic E-state index is 14.5. The Labute approximate surface area is 286 Å². The number of ketones is 1. The van der Waals surface area contributed by atoms with Crippen molar-refractivity contribution in [3.05, 3.63) is 24.8 Å². The van der Waals surface area contributed by atoms with Gasteiger partial charge < -0.3 is 25.7 Å². The predicted octanol–water partition coefficient (Wildman–Crippen LogP) is 4.86. The van der Waals surface area contributed by atoms with E-state index in [4.69, 9.17) is 4.99 Å². The SMILES string of the molecule is C=CCNC(=O)C(=O)C(CCCC)NC(=O)[C@@H]1[C@@H]2[C@H](CN1C(=O)[C@@H](N=C(C)C[C@H](Cn1c(O)ccc1O)C(C)(C)C)C(C)(C)C)C2(C)C. The monoisotopic (exact) mass is 669 g/mol. The highest BCUT2D eigenvalue weighted by molar-refractivity contribution is 6.38. The highest BCUT2D eigenvalue weighted by atomic mass is 16.3. The van der Waals surface area contributed by atoms with Crippen molar-refractivity contribution in [2.45, 2.75) is 120 Å². The highest BCUT2D eigenvalue weighted by Gasteiger charge is 2.69. The van der Waals surface area contributed by atoms with Gasteiger partial charge in [-0.2, -0.15) is 0 Å². The first-order chi connectivity index (χ1) is 22.2. The number of Topliss-reactive ketones (excluding diaryl/α,β-unsaturated/α-hetero) is 1. The van der Waals surface area contributed by atoms with Crippen LogP contribution in [0.5, 0.6) is 11.8 Å². The van der Waals surface area contributed by atoms with Crippen LogP contribution in [0.1, 0.15) is 94.9 Å². The zero-order valence-electron chi connectivity index (χ0n) is 30.7. The minimum Gasteiger partial charge on any atom is -0.494 e. The molecule has 3 amide bonds. The lowest BCUT2D eigenvalue weighted by atomic mass is 9.77. The third-order valence-corrected chi connectivity index (χ3v) is 10.4. The van der Waals surface area contributed by atoms with E-state index in [1.54, 1.807) is 4.90 Å².